The van der Waals surface area contributed by atoms with Crippen LogP contribution in [0.25, 0.3) is 0 Å². The van der Waals surface area contributed by atoms with E-state index in [4.69, 9.17) is 14.2 Å². The van der Waals surface area contributed by atoms with Gasteiger partial charge >= 0.3 is 0 Å². The molecule has 0 aliphatic carbocycles. The average Bonchev–Trinajstić information content (AvgIpc) is 3.12. The largest absolute Gasteiger partial charge is 0.493 e. The second kappa shape index (κ2) is 7.78. The van der Waals surface area contributed by atoms with E-state index in [0.717, 1.165) is 25.1 Å². The molecule has 0 bridgehead atoms. The van der Waals surface area contributed by atoms with E-state index in [1.807, 2.05) is 17.0 Å². The Labute approximate surface area is 152 Å². The number of amides is 1. The van der Waals surface area contributed by atoms with E-state index in [1.54, 1.807) is 32.7 Å². The molecule has 134 valence electrons. The molecule has 0 fully saturated rings. The van der Waals surface area contributed by atoms with Gasteiger partial charge in [-0.2, -0.15) is 0 Å². The van der Waals surface area contributed by atoms with E-state index < -0.39 is 0 Å². The Morgan fingerprint density at radius 3 is 2.64 bits per heavy atom. The lowest BCUT2D eigenvalue weighted by Crippen LogP contribution is -2.35. The Morgan fingerprint density at radius 2 is 1.92 bits per heavy atom. The minimum Gasteiger partial charge on any atom is -0.493 e. The monoisotopic (exact) mass is 361 g/mol. The summed E-state index contributed by atoms with van der Waals surface area (Å²) in [4.78, 5) is 16.0. The number of thiophene rings is 1. The molecule has 0 unspecified atom stereocenters. The van der Waals surface area contributed by atoms with E-state index >= 15 is 0 Å². The first-order chi connectivity index (χ1) is 12.2. The molecule has 1 aliphatic rings. The molecule has 2 heterocycles. The average molecular weight is 361 g/mol. The molecule has 0 radical (unpaired) electrons. The van der Waals surface area contributed by atoms with Crippen LogP contribution in [0.15, 0.2) is 23.6 Å². The number of benzene rings is 1. The van der Waals surface area contributed by atoms with E-state index in [2.05, 4.69) is 11.4 Å². The van der Waals surface area contributed by atoms with Crippen LogP contribution in [0.1, 0.15) is 22.4 Å². The summed E-state index contributed by atoms with van der Waals surface area (Å²) in [5, 5.41) is 2.10. The van der Waals surface area contributed by atoms with Gasteiger partial charge in [0.05, 0.1) is 21.3 Å². The Bertz CT molecular complexity index is 756. The van der Waals surface area contributed by atoms with Crippen LogP contribution in [-0.4, -0.2) is 38.7 Å². The lowest BCUT2D eigenvalue weighted by atomic mass is 10.1. The highest BCUT2D eigenvalue weighted by molar-refractivity contribution is 7.10. The molecular formula is C19H23NO4S. The van der Waals surface area contributed by atoms with Crippen molar-refractivity contribution in [3.05, 3.63) is 39.6 Å². The maximum Gasteiger partial charge on any atom is 0.223 e. The van der Waals surface area contributed by atoms with Crippen LogP contribution < -0.4 is 14.2 Å². The molecule has 1 aromatic carbocycles. The van der Waals surface area contributed by atoms with Gasteiger partial charge in [-0.1, -0.05) is 6.07 Å². The van der Waals surface area contributed by atoms with Crippen molar-refractivity contribution in [3.8, 4) is 17.2 Å². The molecule has 5 nitrogen and oxygen atoms in total. The minimum atomic E-state index is 0.175. The number of hydrogen-bond donors (Lipinski definition) is 0. The number of rotatable bonds is 6. The highest BCUT2D eigenvalue weighted by atomic mass is 32.1. The maximum absolute atomic E-state index is 12.6. The quantitative estimate of drug-likeness (QED) is 0.792. The zero-order valence-electron chi connectivity index (χ0n) is 14.8. The lowest BCUT2D eigenvalue weighted by molar-refractivity contribution is -0.132. The Morgan fingerprint density at radius 1 is 1.12 bits per heavy atom. The summed E-state index contributed by atoms with van der Waals surface area (Å²) in [7, 11) is 4.78. The number of aryl methyl sites for hydroxylation is 1. The fraction of sp³-hybridized carbons (Fsp3) is 0.421. The van der Waals surface area contributed by atoms with Crippen molar-refractivity contribution in [2.45, 2.75) is 25.8 Å². The Hall–Kier alpha value is -2.21. The predicted octanol–water partition coefficient (Wildman–Crippen LogP) is 3.29. The van der Waals surface area contributed by atoms with Gasteiger partial charge < -0.3 is 19.1 Å². The molecular weight excluding hydrogens is 338 g/mol. The lowest BCUT2D eigenvalue weighted by Gasteiger charge is -2.27. The standard InChI is InChI=1S/C19H23NO4S/c1-22-15-6-4-13(18(23-2)19(15)24-3)5-7-17(21)20-10-8-16-14(12-20)9-11-25-16/h4,6,9,11H,5,7-8,10,12H2,1-3H3. The van der Waals surface area contributed by atoms with Crippen LogP contribution in [0.3, 0.4) is 0 Å². The minimum absolute atomic E-state index is 0.175. The summed E-state index contributed by atoms with van der Waals surface area (Å²) in [5.74, 6) is 1.99. The molecule has 1 amide bonds. The zero-order chi connectivity index (χ0) is 17.8. The van der Waals surface area contributed by atoms with Crippen LogP contribution >= 0.6 is 11.3 Å². The molecule has 0 saturated heterocycles. The summed E-state index contributed by atoms with van der Waals surface area (Å²) in [5.41, 5.74) is 2.23. The third-order valence-electron chi connectivity index (χ3n) is 4.55. The van der Waals surface area contributed by atoms with Gasteiger partial charge in [0.15, 0.2) is 11.5 Å². The maximum atomic E-state index is 12.6. The topological polar surface area (TPSA) is 48.0 Å². The summed E-state index contributed by atoms with van der Waals surface area (Å²) < 4.78 is 16.2. The normalized spacial score (nSPS) is 13.3. The predicted molar refractivity (Wildman–Crippen MR) is 97.9 cm³/mol. The highest BCUT2D eigenvalue weighted by Gasteiger charge is 2.22. The number of ether oxygens (including phenoxy) is 3. The summed E-state index contributed by atoms with van der Waals surface area (Å²) >= 11 is 1.78. The number of hydrogen-bond acceptors (Lipinski definition) is 5. The van der Waals surface area contributed by atoms with Crippen LogP contribution in [0.5, 0.6) is 17.2 Å². The van der Waals surface area contributed by atoms with E-state index in [0.29, 0.717) is 30.1 Å². The van der Waals surface area contributed by atoms with E-state index in [-0.39, 0.29) is 5.91 Å². The summed E-state index contributed by atoms with van der Waals surface area (Å²) in [6.07, 6.45) is 2.01. The molecule has 3 rings (SSSR count). The van der Waals surface area contributed by atoms with Gasteiger partial charge in [0, 0.05) is 24.4 Å². The van der Waals surface area contributed by atoms with Crippen molar-refractivity contribution in [3.63, 3.8) is 0 Å². The van der Waals surface area contributed by atoms with Gasteiger partial charge in [-0.25, -0.2) is 0 Å². The van der Waals surface area contributed by atoms with Gasteiger partial charge in [0.2, 0.25) is 11.7 Å². The van der Waals surface area contributed by atoms with Crippen molar-refractivity contribution in [1.82, 2.24) is 4.90 Å². The number of carbonyl (C=O) groups excluding carboxylic acids is 1. The smallest absolute Gasteiger partial charge is 0.223 e. The van der Waals surface area contributed by atoms with Crippen LogP contribution in [0.2, 0.25) is 0 Å². The molecule has 1 aromatic heterocycles. The fourth-order valence-corrected chi connectivity index (χ4v) is 4.11. The molecule has 0 saturated carbocycles. The first-order valence-corrected chi connectivity index (χ1v) is 9.16. The van der Waals surface area contributed by atoms with Gasteiger partial charge in [0.1, 0.15) is 0 Å². The molecule has 6 heteroatoms. The number of methoxy groups -OCH3 is 3. The Kier molecular flexibility index (Phi) is 5.48. The van der Waals surface area contributed by atoms with Crippen LogP contribution in [-0.2, 0) is 24.2 Å². The second-order valence-corrected chi connectivity index (χ2v) is 6.93. The third kappa shape index (κ3) is 3.58. The SMILES string of the molecule is COc1ccc(CCC(=O)N2CCc3sccc3C2)c(OC)c1OC. The van der Waals surface area contributed by atoms with Crippen molar-refractivity contribution in [2.24, 2.45) is 0 Å². The second-order valence-electron chi connectivity index (χ2n) is 5.93. The molecule has 0 N–H and O–H groups in total. The molecule has 0 atom stereocenters. The summed E-state index contributed by atoms with van der Waals surface area (Å²) in [6.45, 7) is 1.52. The van der Waals surface area contributed by atoms with Crippen molar-refractivity contribution >= 4 is 17.2 Å². The molecule has 2 aromatic rings. The van der Waals surface area contributed by atoms with E-state index in [9.17, 15) is 4.79 Å². The van der Waals surface area contributed by atoms with Crippen molar-refractivity contribution in [1.29, 1.82) is 0 Å². The third-order valence-corrected chi connectivity index (χ3v) is 5.58. The number of carbonyl (C=O) groups is 1. The molecule has 1 aliphatic heterocycles. The Balaban J connectivity index is 1.68. The number of fused-ring (bicyclic) bond motifs is 1. The first-order valence-electron chi connectivity index (χ1n) is 8.28. The van der Waals surface area contributed by atoms with Crippen LogP contribution in [0, 0.1) is 0 Å². The highest BCUT2D eigenvalue weighted by Crippen LogP contribution is 2.40. The molecule has 0 spiro atoms. The fourth-order valence-electron chi connectivity index (χ4n) is 3.22. The van der Waals surface area contributed by atoms with Gasteiger partial charge in [-0.05, 0) is 41.5 Å². The van der Waals surface area contributed by atoms with Gasteiger partial charge in [-0.3, -0.25) is 4.79 Å². The number of nitrogens with zero attached hydrogens (tertiary/aromatic N) is 1. The van der Waals surface area contributed by atoms with Crippen molar-refractivity contribution < 1.29 is 19.0 Å². The zero-order valence-corrected chi connectivity index (χ0v) is 15.6. The molecule has 25 heavy (non-hydrogen) atoms. The van der Waals surface area contributed by atoms with Gasteiger partial charge in [0.25, 0.3) is 0 Å². The van der Waals surface area contributed by atoms with Crippen molar-refractivity contribution in [2.75, 3.05) is 27.9 Å². The van der Waals surface area contributed by atoms with Gasteiger partial charge in [-0.15, -0.1) is 11.3 Å². The summed E-state index contributed by atoms with van der Waals surface area (Å²) in [6, 6.07) is 5.90. The van der Waals surface area contributed by atoms with Crippen LogP contribution in [0.4, 0.5) is 0 Å². The van der Waals surface area contributed by atoms with E-state index in [1.165, 1.54) is 10.4 Å². The first kappa shape index (κ1) is 17.6.